The van der Waals surface area contributed by atoms with Crippen LogP contribution in [0.2, 0.25) is 0 Å². The van der Waals surface area contributed by atoms with Crippen LogP contribution >= 0.6 is 0 Å². The summed E-state index contributed by atoms with van der Waals surface area (Å²) < 4.78 is 0. The van der Waals surface area contributed by atoms with Crippen molar-refractivity contribution in [2.24, 2.45) is 5.92 Å². The Bertz CT molecular complexity index is 480. The average molecular weight is 300 g/mol. The third-order valence-electron chi connectivity index (χ3n) is 4.21. The second kappa shape index (κ2) is 9.34. The largest absolute Gasteiger partial charge is 0.388 e. The predicted molar refractivity (Wildman–Crippen MR) is 98.6 cm³/mol. The maximum absolute atomic E-state index is 4.37. The topological polar surface area (TPSA) is 15.3 Å². The van der Waals surface area contributed by atoms with E-state index >= 15 is 0 Å². The molecule has 1 rings (SSSR count). The van der Waals surface area contributed by atoms with E-state index in [9.17, 15) is 0 Å². The fourth-order valence-electron chi connectivity index (χ4n) is 2.98. The molecule has 0 aliphatic carbocycles. The number of nitrogens with one attached hydrogen (secondary N) is 1. The Morgan fingerprint density at radius 2 is 2.09 bits per heavy atom. The van der Waals surface area contributed by atoms with E-state index in [-0.39, 0.29) is 0 Å². The van der Waals surface area contributed by atoms with Gasteiger partial charge in [0, 0.05) is 42.7 Å². The number of hydrogen-bond donors (Lipinski definition) is 1. The van der Waals surface area contributed by atoms with Gasteiger partial charge in [0.25, 0.3) is 0 Å². The van der Waals surface area contributed by atoms with Crippen molar-refractivity contribution in [3.8, 4) is 0 Å². The predicted octanol–water partition coefficient (Wildman–Crippen LogP) is 4.80. The van der Waals surface area contributed by atoms with Gasteiger partial charge in [-0.25, -0.2) is 0 Å². The first-order valence-electron chi connectivity index (χ1n) is 8.40. The lowest BCUT2D eigenvalue weighted by molar-refractivity contribution is 0.234. The van der Waals surface area contributed by atoms with Crippen LogP contribution in [-0.4, -0.2) is 25.0 Å². The molecule has 0 saturated carbocycles. The van der Waals surface area contributed by atoms with Crippen molar-refractivity contribution in [2.45, 2.75) is 40.0 Å². The Morgan fingerprint density at radius 3 is 2.59 bits per heavy atom. The van der Waals surface area contributed by atoms with Gasteiger partial charge in [-0.15, -0.1) is 0 Å². The van der Waals surface area contributed by atoms with E-state index in [4.69, 9.17) is 0 Å². The fourth-order valence-corrected chi connectivity index (χ4v) is 2.98. The molecule has 0 aromatic carbocycles. The number of hydrogen-bond acceptors (Lipinski definition) is 2. The van der Waals surface area contributed by atoms with Crippen LogP contribution in [0.3, 0.4) is 0 Å². The zero-order chi connectivity index (χ0) is 16.5. The maximum Gasteiger partial charge on any atom is 0.0374 e. The molecule has 0 spiro atoms. The Kier molecular flexibility index (Phi) is 7.79. The highest BCUT2D eigenvalue weighted by Gasteiger charge is 2.20. The van der Waals surface area contributed by atoms with E-state index in [1.165, 1.54) is 18.4 Å². The monoisotopic (exact) mass is 300 g/mol. The molecule has 1 aliphatic rings. The molecule has 1 aliphatic heterocycles. The molecule has 0 bridgehead atoms. The Hall–Kier alpha value is -1.70. The quantitative estimate of drug-likeness (QED) is 0.679. The maximum atomic E-state index is 4.37. The summed E-state index contributed by atoms with van der Waals surface area (Å²) in [6, 6.07) is 0. The smallest absolute Gasteiger partial charge is 0.0374 e. The van der Waals surface area contributed by atoms with Crippen molar-refractivity contribution in [3.05, 3.63) is 60.0 Å². The molecule has 1 saturated heterocycles. The molecule has 1 unspecified atom stereocenters. The highest BCUT2D eigenvalue weighted by molar-refractivity contribution is 5.53. The third kappa shape index (κ3) is 4.66. The summed E-state index contributed by atoms with van der Waals surface area (Å²) in [4.78, 5) is 2.41. The zero-order valence-electron chi connectivity index (χ0n) is 14.8. The lowest BCUT2D eigenvalue weighted by Gasteiger charge is -2.35. The highest BCUT2D eigenvalue weighted by atomic mass is 15.1. The average Bonchev–Trinajstić information content (AvgIpc) is 2.53. The van der Waals surface area contributed by atoms with Gasteiger partial charge in [0.1, 0.15) is 0 Å². The number of piperidine rings is 1. The van der Waals surface area contributed by atoms with Gasteiger partial charge in [-0.2, -0.15) is 0 Å². The van der Waals surface area contributed by atoms with E-state index in [0.717, 1.165) is 42.4 Å². The lowest BCUT2D eigenvalue weighted by Crippen LogP contribution is -2.34. The van der Waals surface area contributed by atoms with Gasteiger partial charge in [-0.3, -0.25) is 0 Å². The molecule has 0 aromatic rings. The molecule has 1 heterocycles. The molecule has 0 amide bonds. The molecule has 122 valence electrons. The number of rotatable bonds is 7. The van der Waals surface area contributed by atoms with E-state index in [0.29, 0.717) is 0 Å². The van der Waals surface area contributed by atoms with E-state index in [1.807, 2.05) is 13.1 Å². The van der Waals surface area contributed by atoms with Crippen molar-refractivity contribution in [3.63, 3.8) is 0 Å². The van der Waals surface area contributed by atoms with Crippen molar-refractivity contribution in [2.75, 3.05) is 20.1 Å². The number of allylic oxidation sites excluding steroid dienone is 4. The summed E-state index contributed by atoms with van der Waals surface area (Å²) >= 11 is 0. The standard InChI is InChI=1S/C20H32N2/c1-7-10-13-19(20(9-3)21-6)18(8-2)17(5)22-14-11-12-16(4)15-22/h8-10,13,16,21H,2,5,7,11-12,14-15H2,1,3-4,6H3/b13-10+,19-18+,20-9+. The summed E-state index contributed by atoms with van der Waals surface area (Å²) in [6.45, 7) is 17.1. The fraction of sp³-hybridized carbons (Fsp3) is 0.500. The minimum atomic E-state index is 0.733. The van der Waals surface area contributed by atoms with Crippen LogP contribution in [0, 0.1) is 5.92 Å². The van der Waals surface area contributed by atoms with Gasteiger partial charge in [-0.05, 0) is 32.1 Å². The molecule has 22 heavy (non-hydrogen) atoms. The highest BCUT2D eigenvalue weighted by Crippen LogP contribution is 2.27. The van der Waals surface area contributed by atoms with Crippen LogP contribution in [0.5, 0.6) is 0 Å². The lowest BCUT2D eigenvalue weighted by atomic mass is 9.96. The normalized spacial score (nSPS) is 20.8. The molecular formula is C20H32N2. The summed E-state index contributed by atoms with van der Waals surface area (Å²) in [7, 11) is 1.96. The Balaban J connectivity index is 3.21. The second-order valence-corrected chi connectivity index (χ2v) is 5.93. The minimum Gasteiger partial charge on any atom is -0.388 e. The van der Waals surface area contributed by atoms with Crippen LogP contribution in [-0.2, 0) is 0 Å². The van der Waals surface area contributed by atoms with Gasteiger partial charge < -0.3 is 10.2 Å². The van der Waals surface area contributed by atoms with Gasteiger partial charge in [0.2, 0.25) is 0 Å². The molecule has 1 N–H and O–H groups in total. The second-order valence-electron chi connectivity index (χ2n) is 5.93. The SMILES string of the molecule is C=C/C(C(=C)N1CCCC(C)C1)=C(/C=C/CC)C(=C/C)\NC. The summed E-state index contributed by atoms with van der Waals surface area (Å²) in [5, 5.41) is 3.29. The Morgan fingerprint density at radius 1 is 1.36 bits per heavy atom. The van der Waals surface area contributed by atoms with E-state index in [1.54, 1.807) is 0 Å². The van der Waals surface area contributed by atoms with Crippen LogP contribution < -0.4 is 5.32 Å². The molecule has 0 aromatic heterocycles. The van der Waals surface area contributed by atoms with E-state index < -0.39 is 0 Å². The third-order valence-corrected chi connectivity index (χ3v) is 4.21. The number of nitrogens with zero attached hydrogens (tertiary/aromatic N) is 1. The van der Waals surface area contributed by atoms with Crippen molar-refractivity contribution in [1.82, 2.24) is 10.2 Å². The molecule has 0 radical (unpaired) electrons. The van der Waals surface area contributed by atoms with Crippen LogP contribution in [0.4, 0.5) is 0 Å². The molecule has 1 atom stereocenters. The van der Waals surface area contributed by atoms with Crippen molar-refractivity contribution >= 4 is 0 Å². The van der Waals surface area contributed by atoms with Crippen molar-refractivity contribution < 1.29 is 0 Å². The molecular weight excluding hydrogens is 268 g/mol. The number of likely N-dealkylation sites (tertiary alicyclic amines) is 1. The van der Waals surface area contributed by atoms with Crippen LogP contribution in [0.15, 0.2) is 60.0 Å². The van der Waals surface area contributed by atoms with Gasteiger partial charge >= 0.3 is 0 Å². The Labute approximate surface area is 137 Å². The summed E-state index contributed by atoms with van der Waals surface area (Å²) in [6.07, 6.45) is 12.0. The van der Waals surface area contributed by atoms with Crippen LogP contribution in [0.1, 0.15) is 40.0 Å². The first-order valence-corrected chi connectivity index (χ1v) is 8.40. The first kappa shape index (κ1) is 18.3. The van der Waals surface area contributed by atoms with Gasteiger partial charge in [-0.1, -0.05) is 51.3 Å². The van der Waals surface area contributed by atoms with Crippen LogP contribution in [0.25, 0.3) is 0 Å². The van der Waals surface area contributed by atoms with Gasteiger partial charge in [0.15, 0.2) is 0 Å². The summed E-state index contributed by atoms with van der Waals surface area (Å²) in [5.74, 6) is 0.733. The van der Waals surface area contributed by atoms with Gasteiger partial charge in [0.05, 0.1) is 0 Å². The zero-order valence-corrected chi connectivity index (χ0v) is 14.8. The molecule has 2 heteroatoms. The number of likely N-dealkylation sites (N-methyl/N-ethyl adjacent to an activating group) is 1. The minimum absolute atomic E-state index is 0.733. The summed E-state index contributed by atoms with van der Waals surface area (Å²) in [5.41, 5.74) is 4.50. The van der Waals surface area contributed by atoms with E-state index in [2.05, 4.69) is 62.4 Å². The van der Waals surface area contributed by atoms with Crippen molar-refractivity contribution in [1.29, 1.82) is 0 Å². The molecule has 2 nitrogen and oxygen atoms in total. The molecule has 1 fully saturated rings. The first-order chi connectivity index (χ1) is 10.6.